The van der Waals surface area contributed by atoms with Gasteiger partial charge in [-0.05, 0) is 68.3 Å². The molecule has 9 nitrogen and oxygen atoms in total. The molecule has 11 heteroatoms. The molecule has 6 rings (SSSR count). The maximum absolute atomic E-state index is 14.0. The maximum atomic E-state index is 14.0. The fourth-order valence-corrected chi connectivity index (χ4v) is 7.21. The summed E-state index contributed by atoms with van der Waals surface area (Å²) in [6.07, 6.45) is 0.715. The molecule has 218 valence electrons. The van der Waals surface area contributed by atoms with E-state index < -0.39 is 21.9 Å². The number of hydrogen-bond acceptors (Lipinski definition) is 8. The van der Waals surface area contributed by atoms with Gasteiger partial charge in [0, 0.05) is 36.7 Å². The summed E-state index contributed by atoms with van der Waals surface area (Å²) < 4.78 is 45.2. The lowest BCUT2D eigenvalue weighted by molar-refractivity contribution is -0.00545. The second-order valence-corrected chi connectivity index (χ2v) is 13.1. The molecule has 1 amide bonds. The van der Waals surface area contributed by atoms with E-state index in [-0.39, 0.29) is 47.8 Å². The molecule has 2 aliphatic heterocycles. The van der Waals surface area contributed by atoms with Crippen molar-refractivity contribution >= 4 is 32.5 Å². The highest BCUT2D eigenvalue weighted by molar-refractivity contribution is 7.91. The summed E-state index contributed by atoms with van der Waals surface area (Å²) in [4.78, 5) is 29.4. The summed E-state index contributed by atoms with van der Waals surface area (Å²) in [7, 11) is -3.65. The van der Waals surface area contributed by atoms with E-state index in [1.807, 2.05) is 36.4 Å². The van der Waals surface area contributed by atoms with Gasteiger partial charge in [0.05, 0.1) is 52.0 Å². The molecule has 1 fully saturated rings. The van der Waals surface area contributed by atoms with Crippen LogP contribution >= 0.6 is 0 Å². The third kappa shape index (κ3) is 5.98. The number of nitrogens with one attached hydrogen (secondary N) is 1. The van der Waals surface area contributed by atoms with E-state index in [9.17, 15) is 17.6 Å². The number of amides is 1. The number of carbonyl (C=O) groups excluding carboxylic acids is 1. The van der Waals surface area contributed by atoms with E-state index in [0.717, 1.165) is 35.7 Å². The van der Waals surface area contributed by atoms with Crippen LogP contribution in [0.2, 0.25) is 0 Å². The standard InChI is InChI=1S/C31H32FN5O4S/c1-19-17-37(18-20(2)41-19)30-5-3-4-26(36-30)27-9-8-23-15-33-25(14-28(23)35-27)16-34-31(38)22-7-6-21-12-24(32)10-11-42(39,40)29(21)13-22/h3-9,13-15,19-20,24H,10-12,16-18H2,1-2H3,(H,34,38)/t19-,20+,24?. The Labute approximate surface area is 244 Å². The van der Waals surface area contributed by atoms with E-state index in [1.165, 1.54) is 18.2 Å². The molecular formula is C31H32FN5O4S. The minimum absolute atomic E-state index is 0.0257. The predicted molar refractivity (Wildman–Crippen MR) is 158 cm³/mol. The molecule has 42 heavy (non-hydrogen) atoms. The Bertz CT molecular complexity index is 1760. The van der Waals surface area contributed by atoms with Crippen molar-refractivity contribution in [2.75, 3.05) is 23.7 Å². The average Bonchev–Trinajstić information content (AvgIpc) is 3.09. The fraction of sp³-hybridized carbons (Fsp3) is 0.355. The summed E-state index contributed by atoms with van der Waals surface area (Å²) in [6, 6.07) is 16.0. The van der Waals surface area contributed by atoms with Crippen molar-refractivity contribution < 1.29 is 22.3 Å². The molecule has 0 bridgehead atoms. The number of hydrogen-bond donors (Lipinski definition) is 1. The smallest absolute Gasteiger partial charge is 0.251 e. The number of morpholine rings is 1. The minimum atomic E-state index is -3.65. The second kappa shape index (κ2) is 11.4. The molecule has 1 saturated heterocycles. The SMILES string of the molecule is C[C@@H]1CN(c2cccc(-c3ccc4cnc(CNC(=O)c5ccc6c(c5)S(=O)(=O)CCC(F)C6)cc4n3)n2)C[C@H](C)O1. The second-order valence-electron chi connectivity index (χ2n) is 11.0. The molecule has 1 N–H and O–H groups in total. The molecule has 4 aromatic rings. The number of sulfone groups is 1. The highest BCUT2D eigenvalue weighted by Crippen LogP contribution is 2.27. The van der Waals surface area contributed by atoms with Crippen molar-refractivity contribution in [1.82, 2.24) is 20.3 Å². The molecule has 2 aliphatic rings. The topological polar surface area (TPSA) is 114 Å². The van der Waals surface area contributed by atoms with Gasteiger partial charge < -0.3 is 15.0 Å². The van der Waals surface area contributed by atoms with E-state index in [0.29, 0.717) is 16.8 Å². The predicted octanol–water partition coefficient (Wildman–Crippen LogP) is 4.29. The number of alkyl halides is 1. The first-order valence-electron chi connectivity index (χ1n) is 14.1. The van der Waals surface area contributed by atoms with E-state index in [1.54, 1.807) is 6.20 Å². The van der Waals surface area contributed by atoms with Crippen molar-refractivity contribution in [1.29, 1.82) is 0 Å². The van der Waals surface area contributed by atoms with E-state index in [4.69, 9.17) is 14.7 Å². The summed E-state index contributed by atoms with van der Waals surface area (Å²) in [5, 5.41) is 3.66. The number of fused-ring (bicyclic) bond motifs is 2. The highest BCUT2D eigenvalue weighted by atomic mass is 32.2. The molecule has 1 unspecified atom stereocenters. The summed E-state index contributed by atoms with van der Waals surface area (Å²) in [5.74, 6) is 0.170. The van der Waals surface area contributed by atoms with Crippen LogP contribution in [0.4, 0.5) is 10.2 Å². The Hall–Kier alpha value is -3.96. The van der Waals surface area contributed by atoms with Gasteiger partial charge in [0.25, 0.3) is 5.91 Å². The molecule has 0 spiro atoms. The van der Waals surface area contributed by atoms with E-state index in [2.05, 4.69) is 29.0 Å². The molecule has 3 aromatic heterocycles. The first-order valence-corrected chi connectivity index (χ1v) is 15.7. The highest BCUT2D eigenvalue weighted by Gasteiger charge is 2.28. The normalized spacial score (nSPS) is 21.9. The Balaban J connectivity index is 1.19. The van der Waals surface area contributed by atoms with Gasteiger partial charge in [-0.15, -0.1) is 0 Å². The van der Waals surface area contributed by atoms with Crippen LogP contribution in [0.15, 0.2) is 65.7 Å². The fourth-order valence-electron chi connectivity index (χ4n) is 5.56. The van der Waals surface area contributed by atoms with Gasteiger partial charge >= 0.3 is 0 Å². The minimum Gasteiger partial charge on any atom is -0.372 e. The average molecular weight is 590 g/mol. The number of pyridine rings is 3. The van der Waals surface area contributed by atoms with Gasteiger partial charge in [0.2, 0.25) is 0 Å². The number of halogens is 1. The largest absolute Gasteiger partial charge is 0.372 e. The number of rotatable bonds is 5. The van der Waals surface area contributed by atoms with Crippen LogP contribution in [-0.4, -0.2) is 66.5 Å². The lowest BCUT2D eigenvalue weighted by Crippen LogP contribution is -2.45. The van der Waals surface area contributed by atoms with Gasteiger partial charge in [0.1, 0.15) is 12.0 Å². The quantitative estimate of drug-likeness (QED) is 0.367. The number of aromatic nitrogens is 3. The van der Waals surface area contributed by atoms with Crippen molar-refractivity contribution in [3.8, 4) is 11.4 Å². The maximum Gasteiger partial charge on any atom is 0.251 e. The molecule has 3 atom stereocenters. The van der Waals surface area contributed by atoms with Crippen LogP contribution in [-0.2, 0) is 27.5 Å². The summed E-state index contributed by atoms with van der Waals surface area (Å²) >= 11 is 0. The molecule has 0 aliphatic carbocycles. The van der Waals surface area contributed by atoms with Crippen LogP contribution in [0.3, 0.4) is 0 Å². The Morgan fingerprint density at radius 2 is 1.83 bits per heavy atom. The zero-order valence-electron chi connectivity index (χ0n) is 23.5. The zero-order valence-corrected chi connectivity index (χ0v) is 24.3. The van der Waals surface area contributed by atoms with Gasteiger partial charge in [-0.3, -0.25) is 9.78 Å². The van der Waals surface area contributed by atoms with Gasteiger partial charge in [-0.1, -0.05) is 12.1 Å². The van der Waals surface area contributed by atoms with Gasteiger partial charge in [-0.2, -0.15) is 0 Å². The third-order valence-electron chi connectivity index (χ3n) is 7.61. The first-order chi connectivity index (χ1) is 20.1. The molecular weight excluding hydrogens is 557 g/mol. The number of anilines is 1. The Kier molecular flexibility index (Phi) is 7.63. The van der Waals surface area contributed by atoms with Crippen LogP contribution in [0.25, 0.3) is 22.3 Å². The van der Waals surface area contributed by atoms with E-state index >= 15 is 0 Å². The number of ether oxygens (including phenoxy) is 1. The van der Waals surface area contributed by atoms with Crippen molar-refractivity contribution in [2.45, 2.75) is 56.5 Å². The number of nitrogens with zero attached hydrogens (tertiary/aromatic N) is 4. The van der Waals surface area contributed by atoms with Crippen molar-refractivity contribution in [3.63, 3.8) is 0 Å². The molecule has 1 aromatic carbocycles. The van der Waals surface area contributed by atoms with Gasteiger partial charge in [0.15, 0.2) is 9.84 Å². The summed E-state index contributed by atoms with van der Waals surface area (Å²) in [5.41, 5.74) is 3.40. The third-order valence-corrected chi connectivity index (χ3v) is 9.43. The van der Waals surface area contributed by atoms with Crippen LogP contribution in [0.1, 0.15) is 41.9 Å². The number of benzene rings is 1. The Morgan fingerprint density at radius 1 is 1.05 bits per heavy atom. The monoisotopic (exact) mass is 589 g/mol. The first kappa shape index (κ1) is 28.2. The van der Waals surface area contributed by atoms with Gasteiger partial charge in [-0.25, -0.2) is 22.8 Å². The zero-order chi connectivity index (χ0) is 29.4. The molecule has 0 saturated carbocycles. The molecule has 0 radical (unpaired) electrons. The van der Waals surface area contributed by atoms with Crippen LogP contribution in [0.5, 0.6) is 0 Å². The summed E-state index contributed by atoms with van der Waals surface area (Å²) in [6.45, 7) is 5.79. The lowest BCUT2D eigenvalue weighted by atomic mass is 10.0. The lowest BCUT2D eigenvalue weighted by Gasteiger charge is -2.36. The number of carbonyl (C=O) groups is 1. The molecule has 5 heterocycles. The Morgan fingerprint density at radius 3 is 2.64 bits per heavy atom. The van der Waals surface area contributed by atoms with Crippen molar-refractivity contribution in [3.05, 3.63) is 77.6 Å². The van der Waals surface area contributed by atoms with Crippen LogP contribution in [0, 0.1) is 0 Å². The van der Waals surface area contributed by atoms with Crippen LogP contribution < -0.4 is 10.2 Å². The van der Waals surface area contributed by atoms with Crippen molar-refractivity contribution in [2.24, 2.45) is 0 Å².